The predicted molar refractivity (Wildman–Crippen MR) is 138 cm³/mol. The molecule has 1 aromatic heterocycles. The lowest BCUT2D eigenvalue weighted by molar-refractivity contribution is 0.0917. The van der Waals surface area contributed by atoms with Gasteiger partial charge in [0, 0.05) is 29.6 Å². The molecule has 0 radical (unpaired) electrons. The van der Waals surface area contributed by atoms with Crippen molar-refractivity contribution in [3.8, 4) is 6.07 Å². The molecule has 0 atom stereocenters. The molecule has 5 rings (SSSR count). The molecule has 7 heteroatoms. The van der Waals surface area contributed by atoms with Gasteiger partial charge in [-0.15, -0.1) is 0 Å². The van der Waals surface area contributed by atoms with Gasteiger partial charge in [0.1, 0.15) is 17.6 Å². The number of amides is 1. The van der Waals surface area contributed by atoms with Crippen LogP contribution in [0.5, 0.6) is 0 Å². The minimum atomic E-state index is -0.261. The van der Waals surface area contributed by atoms with Crippen molar-refractivity contribution < 1.29 is 4.79 Å². The number of aromatic nitrogens is 1. The smallest absolute Gasteiger partial charge is 0.269 e. The average molecular weight is 465 g/mol. The fraction of sp³-hybridized carbons (Fsp3) is 0.250. The Morgan fingerprint density at radius 2 is 1.80 bits per heavy atom. The highest BCUT2D eigenvalue weighted by atomic mass is 16.2. The van der Waals surface area contributed by atoms with Crippen molar-refractivity contribution in [3.05, 3.63) is 83.0 Å². The first-order valence-electron chi connectivity index (χ1n) is 11.9. The predicted octanol–water partition coefficient (Wildman–Crippen LogP) is 4.00. The topological polar surface area (TPSA) is 134 Å². The standard InChI is InChI=1S/C28H28N6O/c29-15-24-23-13-8-18(27(31)32)14-25(23)34(16-19-6-3-5-17-4-1-2-7-22(17)19)26(24)28(35)33-21-11-9-20(30)10-12-21/h1-8,13-14,20-21H,9-12,16,30H2,(H3,31,32)(H,33,35)/t20-,21-. The number of rotatable bonds is 5. The van der Waals surface area contributed by atoms with Crippen LogP contribution in [0.2, 0.25) is 0 Å². The van der Waals surface area contributed by atoms with E-state index >= 15 is 0 Å². The largest absolute Gasteiger partial charge is 0.384 e. The van der Waals surface area contributed by atoms with Crippen LogP contribution in [0, 0.1) is 16.7 Å². The Kier molecular flexibility index (Phi) is 5.98. The molecule has 0 aliphatic heterocycles. The van der Waals surface area contributed by atoms with Gasteiger partial charge in [-0.2, -0.15) is 5.26 Å². The quantitative estimate of drug-likeness (QED) is 0.262. The van der Waals surface area contributed by atoms with E-state index in [0.29, 0.717) is 34.3 Å². The highest BCUT2D eigenvalue weighted by molar-refractivity contribution is 6.06. The number of nitrogen functional groups attached to an aromatic ring is 1. The Bertz CT molecular complexity index is 1480. The third-order valence-corrected chi connectivity index (χ3v) is 7.02. The lowest BCUT2D eigenvalue weighted by atomic mass is 9.91. The number of fused-ring (bicyclic) bond motifs is 2. The number of nitrogens with two attached hydrogens (primary N) is 2. The molecule has 1 heterocycles. The first-order valence-corrected chi connectivity index (χ1v) is 11.9. The maximum Gasteiger partial charge on any atom is 0.269 e. The summed E-state index contributed by atoms with van der Waals surface area (Å²) in [6, 6.07) is 22.0. The van der Waals surface area contributed by atoms with E-state index in [1.165, 1.54) is 0 Å². The summed E-state index contributed by atoms with van der Waals surface area (Å²) in [5.41, 5.74) is 14.8. The van der Waals surface area contributed by atoms with Crippen molar-refractivity contribution in [2.75, 3.05) is 0 Å². The summed E-state index contributed by atoms with van der Waals surface area (Å²) in [5.74, 6) is -0.323. The van der Waals surface area contributed by atoms with Gasteiger partial charge in [0.2, 0.25) is 0 Å². The van der Waals surface area contributed by atoms with Gasteiger partial charge in [0.15, 0.2) is 0 Å². The van der Waals surface area contributed by atoms with Gasteiger partial charge >= 0.3 is 0 Å². The fourth-order valence-electron chi connectivity index (χ4n) is 5.15. The number of benzene rings is 3. The number of carbonyl (C=O) groups is 1. The summed E-state index contributed by atoms with van der Waals surface area (Å²) in [4.78, 5) is 13.7. The molecule has 0 bridgehead atoms. The van der Waals surface area contributed by atoms with Crippen LogP contribution in [0.3, 0.4) is 0 Å². The van der Waals surface area contributed by atoms with E-state index in [4.69, 9.17) is 16.9 Å². The third kappa shape index (κ3) is 4.25. The van der Waals surface area contributed by atoms with Gasteiger partial charge < -0.3 is 21.4 Å². The van der Waals surface area contributed by atoms with Gasteiger partial charge in [-0.1, -0.05) is 54.6 Å². The van der Waals surface area contributed by atoms with Crippen LogP contribution in [0.15, 0.2) is 60.7 Å². The number of amidine groups is 1. The number of nitriles is 1. The Morgan fingerprint density at radius 3 is 2.54 bits per heavy atom. The van der Waals surface area contributed by atoms with Gasteiger partial charge in [-0.3, -0.25) is 10.2 Å². The van der Waals surface area contributed by atoms with Gasteiger partial charge in [0.05, 0.1) is 11.1 Å². The maximum atomic E-state index is 13.7. The zero-order valence-corrected chi connectivity index (χ0v) is 19.4. The maximum absolute atomic E-state index is 13.7. The van der Waals surface area contributed by atoms with Crippen LogP contribution < -0.4 is 16.8 Å². The molecule has 7 nitrogen and oxygen atoms in total. The molecule has 176 valence electrons. The van der Waals surface area contributed by atoms with Crippen molar-refractivity contribution in [2.45, 2.75) is 44.3 Å². The Morgan fingerprint density at radius 1 is 1.06 bits per heavy atom. The molecule has 0 saturated heterocycles. The summed E-state index contributed by atoms with van der Waals surface area (Å²) in [7, 11) is 0. The summed E-state index contributed by atoms with van der Waals surface area (Å²) >= 11 is 0. The number of hydrogen-bond donors (Lipinski definition) is 4. The molecule has 0 unspecified atom stereocenters. The molecule has 1 aliphatic rings. The van der Waals surface area contributed by atoms with Gasteiger partial charge in [0.25, 0.3) is 5.91 Å². The van der Waals surface area contributed by atoms with Crippen molar-refractivity contribution in [3.63, 3.8) is 0 Å². The van der Waals surface area contributed by atoms with E-state index in [1.54, 1.807) is 18.2 Å². The van der Waals surface area contributed by atoms with Crippen LogP contribution >= 0.6 is 0 Å². The highest BCUT2D eigenvalue weighted by Gasteiger charge is 2.27. The average Bonchev–Trinajstić information content (AvgIpc) is 3.18. The number of nitrogens with zero attached hydrogens (tertiary/aromatic N) is 2. The molecule has 1 aliphatic carbocycles. The zero-order chi connectivity index (χ0) is 24.5. The Hall–Kier alpha value is -4.15. The minimum Gasteiger partial charge on any atom is -0.384 e. The number of hydrogen-bond acceptors (Lipinski definition) is 4. The molecule has 4 aromatic rings. The number of carbonyl (C=O) groups excluding carboxylic acids is 1. The summed E-state index contributed by atoms with van der Waals surface area (Å²) in [5, 5.41) is 24.0. The van der Waals surface area contributed by atoms with E-state index in [0.717, 1.165) is 42.0 Å². The Balaban J connectivity index is 1.66. The normalized spacial score (nSPS) is 17.8. The van der Waals surface area contributed by atoms with Crippen molar-refractivity contribution in [1.29, 1.82) is 10.7 Å². The first kappa shape index (κ1) is 22.6. The van der Waals surface area contributed by atoms with E-state index in [9.17, 15) is 10.1 Å². The molecule has 1 amide bonds. The molecule has 35 heavy (non-hydrogen) atoms. The second-order valence-electron chi connectivity index (χ2n) is 9.29. The monoisotopic (exact) mass is 464 g/mol. The first-order chi connectivity index (χ1) is 17.0. The highest BCUT2D eigenvalue weighted by Crippen LogP contribution is 2.30. The van der Waals surface area contributed by atoms with E-state index in [1.807, 2.05) is 28.8 Å². The lowest BCUT2D eigenvalue weighted by Crippen LogP contribution is -2.41. The van der Waals surface area contributed by atoms with Crippen molar-refractivity contribution in [2.24, 2.45) is 11.5 Å². The molecule has 0 spiro atoms. The van der Waals surface area contributed by atoms with Crippen LogP contribution in [0.1, 0.15) is 52.9 Å². The second-order valence-corrected chi connectivity index (χ2v) is 9.29. The third-order valence-electron chi connectivity index (χ3n) is 7.02. The summed E-state index contributed by atoms with van der Waals surface area (Å²) in [6.07, 6.45) is 3.40. The second kappa shape index (κ2) is 9.24. The van der Waals surface area contributed by atoms with Crippen LogP contribution in [0.4, 0.5) is 0 Å². The fourth-order valence-corrected chi connectivity index (χ4v) is 5.15. The molecule has 6 N–H and O–H groups in total. The van der Waals surface area contributed by atoms with Gasteiger partial charge in [-0.25, -0.2) is 0 Å². The van der Waals surface area contributed by atoms with Crippen molar-refractivity contribution >= 4 is 33.4 Å². The molecule has 3 aromatic carbocycles. The molecule has 1 saturated carbocycles. The van der Waals surface area contributed by atoms with E-state index in [-0.39, 0.29) is 23.8 Å². The molecule has 1 fully saturated rings. The van der Waals surface area contributed by atoms with E-state index < -0.39 is 0 Å². The number of nitrogens with one attached hydrogen (secondary N) is 2. The SMILES string of the molecule is N#Cc1c(C(=O)N[C@H]2CC[C@H](N)CC2)n(Cc2cccc3ccccc23)c2cc(C(=N)N)ccc12. The molecular formula is C28H28N6O. The lowest BCUT2D eigenvalue weighted by Gasteiger charge is -2.27. The Labute approximate surface area is 203 Å². The zero-order valence-electron chi connectivity index (χ0n) is 19.4. The summed E-state index contributed by atoms with van der Waals surface area (Å²) < 4.78 is 1.89. The van der Waals surface area contributed by atoms with Crippen molar-refractivity contribution in [1.82, 2.24) is 9.88 Å². The van der Waals surface area contributed by atoms with Crippen LogP contribution in [0.25, 0.3) is 21.7 Å². The summed E-state index contributed by atoms with van der Waals surface area (Å²) in [6.45, 7) is 0.402. The van der Waals surface area contributed by atoms with E-state index in [2.05, 4.69) is 29.6 Å². The molecular weight excluding hydrogens is 436 g/mol. The minimum absolute atomic E-state index is 0.0330. The van der Waals surface area contributed by atoms with Crippen LogP contribution in [-0.4, -0.2) is 28.4 Å². The van der Waals surface area contributed by atoms with Crippen LogP contribution in [-0.2, 0) is 6.54 Å². The van der Waals surface area contributed by atoms with Gasteiger partial charge in [-0.05, 0) is 48.1 Å².